The lowest BCUT2D eigenvalue weighted by Gasteiger charge is -2.29. The summed E-state index contributed by atoms with van der Waals surface area (Å²) < 4.78 is 68.2. The fourth-order valence-electron chi connectivity index (χ4n) is 2.73. The van der Waals surface area contributed by atoms with Crippen LogP contribution in [0.4, 0.5) is 18.9 Å². The normalized spacial score (nSPS) is 20.8. The minimum atomic E-state index is -4.45. The zero-order valence-electron chi connectivity index (χ0n) is 15.5. The van der Waals surface area contributed by atoms with Gasteiger partial charge in [0.15, 0.2) is 6.61 Å². The number of carbonyl (C=O) groups excluding carboxylic acids is 1. The summed E-state index contributed by atoms with van der Waals surface area (Å²) >= 11 is 0. The van der Waals surface area contributed by atoms with E-state index in [0.29, 0.717) is 31.4 Å². The first-order valence-corrected chi connectivity index (χ1v) is 10.1. The fraction of sp³-hybridized carbons (Fsp3) is 0.625. The van der Waals surface area contributed by atoms with E-state index in [4.69, 9.17) is 0 Å². The molecule has 0 bridgehead atoms. The highest BCUT2D eigenvalue weighted by Crippen LogP contribution is 2.26. The van der Waals surface area contributed by atoms with Crippen molar-refractivity contribution in [3.8, 4) is 5.88 Å². The van der Waals surface area contributed by atoms with E-state index in [2.05, 4.69) is 19.8 Å². The second-order valence-corrected chi connectivity index (χ2v) is 8.65. The number of pyridine rings is 1. The molecule has 1 saturated carbocycles. The Kier molecular flexibility index (Phi) is 7.23. The largest absolute Gasteiger partial charge is 0.468 e. The van der Waals surface area contributed by atoms with Gasteiger partial charge in [-0.25, -0.2) is 4.98 Å². The van der Waals surface area contributed by atoms with E-state index in [-0.39, 0.29) is 23.7 Å². The van der Waals surface area contributed by atoms with Gasteiger partial charge in [-0.3, -0.25) is 4.79 Å². The smallest absolute Gasteiger partial charge is 0.422 e. The van der Waals surface area contributed by atoms with Gasteiger partial charge in [0.2, 0.25) is 11.8 Å². The SMILES string of the molecule is CN(C)S(=O)(=O)N[C@H]1CC[C@H](C(=O)Nc2ccc(OCC(F)(F)F)nc2)CC1. The zero-order chi connectivity index (χ0) is 20.9. The number of carbonyl (C=O) groups is 1. The van der Waals surface area contributed by atoms with Crippen LogP contribution in [-0.2, 0) is 15.0 Å². The molecule has 0 aliphatic heterocycles. The average Bonchev–Trinajstić information content (AvgIpc) is 2.60. The number of alkyl halides is 3. The number of ether oxygens (including phenoxy) is 1. The highest BCUT2D eigenvalue weighted by Gasteiger charge is 2.30. The molecule has 1 amide bonds. The van der Waals surface area contributed by atoms with Crippen molar-refractivity contribution < 1.29 is 31.1 Å². The van der Waals surface area contributed by atoms with Gasteiger partial charge in [-0.05, 0) is 31.7 Å². The van der Waals surface area contributed by atoms with Crippen molar-refractivity contribution in [2.45, 2.75) is 37.9 Å². The van der Waals surface area contributed by atoms with Crippen LogP contribution in [0.25, 0.3) is 0 Å². The van der Waals surface area contributed by atoms with Gasteiger partial charge in [-0.1, -0.05) is 0 Å². The molecule has 0 saturated heterocycles. The van der Waals surface area contributed by atoms with Crippen LogP contribution in [0.1, 0.15) is 25.7 Å². The quantitative estimate of drug-likeness (QED) is 0.697. The summed E-state index contributed by atoms with van der Waals surface area (Å²) in [4.78, 5) is 16.1. The number of aromatic nitrogens is 1. The summed E-state index contributed by atoms with van der Waals surface area (Å²) in [6, 6.07) is 2.44. The predicted molar refractivity (Wildman–Crippen MR) is 95.9 cm³/mol. The monoisotopic (exact) mass is 424 g/mol. The maximum atomic E-state index is 12.3. The van der Waals surface area contributed by atoms with Gasteiger partial charge in [-0.15, -0.1) is 0 Å². The van der Waals surface area contributed by atoms with Gasteiger partial charge in [0.05, 0.1) is 11.9 Å². The number of hydrogen-bond acceptors (Lipinski definition) is 5. The molecule has 0 atom stereocenters. The summed E-state index contributed by atoms with van der Waals surface area (Å²) in [7, 11) is -0.631. The molecule has 2 N–H and O–H groups in total. The molecule has 1 aromatic rings. The van der Waals surface area contributed by atoms with Crippen LogP contribution in [-0.4, -0.2) is 56.5 Å². The van der Waals surface area contributed by atoms with Gasteiger partial charge in [0.25, 0.3) is 10.2 Å². The topological polar surface area (TPSA) is 101 Å². The molecule has 2 rings (SSSR count). The molecule has 1 aliphatic carbocycles. The minimum absolute atomic E-state index is 0.191. The molecule has 0 spiro atoms. The lowest BCUT2D eigenvalue weighted by Crippen LogP contribution is -2.44. The molecular weight excluding hydrogens is 401 g/mol. The molecule has 0 radical (unpaired) electrons. The maximum absolute atomic E-state index is 12.3. The van der Waals surface area contributed by atoms with Gasteiger partial charge < -0.3 is 10.1 Å². The van der Waals surface area contributed by atoms with Gasteiger partial charge in [0.1, 0.15) is 0 Å². The standard InChI is InChI=1S/C16H23F3N4O4S/c1-23(2)28(25,26)22-12-5-3-11(4-6-12)15(24)21-13-7-8-14(20-9-13)27-10-16(17,18)19/h7-9,11-12,22H,3-6,10H2,1-2H3,(H,21,24)/t11-,12-. The van der Waals surface area contributed by atoms with E-state index in [1.54, 1.807) is 0 Å². The second-order valence-electron chi connectivity index (χ2n) is 6.73. The summed E-state index contributed by atoms with van der Waals surface area (Å²) in [6.45, 7) is -1.44. The first-order chi connectivity index (χ1) is 13.0. The molecular formula is C16H23F3N4O4S. The summed E-state index contributed by atoms with van der Waals surface area (Å²) in [5.74, 6) is -0.704. The van der Waals surface area contributed by atoms with Crippen molar-refractivity contribution in [1.29, 1.82) is 0 Å². The van der Waals surface area contributed by atoms with Crippen molar-refractivity contribution >= 4 is 21.8 Å². The third-order valence-corrected chi connectivity index (χ3v) is 5.87. The second kappa shape index (κ2) is 9.05. The number of nitrogens with one attached hydrogen (secondary N) is 2. The molecule has 0 unspecified atom stereocenters. The number of rotatable bonds is 7. The van der Waals surface area contributed by atoms with Crippen molar-refractivity contribution in [2.24, 2.45) is 5.92 Å². The third-order valence-electron chi connectivity index (χ3n) is 4.28. The maximum Gasteiger partial charge on any atom is 0.422 e. The number of halogens is 3. The van der Waals surface area contributed by atoms with Crippen LogP contribution in [0.3, 0.4) is 0 Å². The first kappa shape index (κ1) is 22.4. The number of anilines is 1. The summed E-state index contributed by atoms with van der Waals surface area (Å²) in [5, 5.41) is 2.67. The van der Waals surface area contributed by atoms with Gasteiger partial charge >= 0.3 is 6.18 Å². The predicted octanol–water partition coefficient (Wildman–Crippen LogP) is 1.92. The van der Waals surface area contributed by atoms with Crippen LogP contribution in [0.2, 0.25) is 0 Å². The molecule has 1 fully saturated rings. The Bertz CT molecular complexity index is 761. The average molecular weight is 424 g/mol. The van der Waals surface area contributed by atoms with Crippen LogP contribution in [0, 0.1) is 5.92 Å². The van der Waals surface area contributed by atoms with Crippen LogP contribution in [0.15, 0.2) is 18.3 Å². The molecule has 158 valence electrons. The molecule has 1 aromatic heterocycles. The van der Waals surface area contributed by atoms with Crippen molar-refractivity contribution in [1.82, 2.24) is 14.0 Å². The van der Waals surface area contributed by atoms with Crippen molar-refractivity contribution in [3.63, 3.8) is 0 Å². The van der Waals surface area contributed by atoms with Gasteiger partial charge in [0, 0.05) is 32.1 Å². The van der Waals surface area contributed by atoms with Crippen molar-refractivity contribution in [2.75, 3.05) is 26.0 Å². The first-order valence-electron chi connectivity index (χ1n) is 8.62. The highest BCUT2D eigenvalue weighted by atomic mass is 32.2. The highest BCUT2D eigenvalue weighted by molar-refractivity contribution is 7.87. The zero-order valence-corrected chi connectivity index (χ0v) is 16.3. The van der Waals surface area contributed by atoms with E-state index in [0.717, 1.165) is 4.31 Å². The summed E-state index contributed by atoms with van der Waals surface area (Å²) in [6.07, 6.45) is -1.12. The Hall–Kier alpha value is -1.92. The summed E-state index contributed by atoms with van der Waals surface area (Å²) in [5.41, 5.74) is 0.347. The molecule has 8 nitrogen and oxygen atoms in total. The van der Waals surface area contributed by atoms with E-state index in [1.165, 1.54) is 32.4 Å². The third kappa shape index (κ3) is 6.91. The van der Waals surface area contributed by atoms with Crippen LogP contribution in [0.5, 0.6) is 5.88 Å². The Balaban J connectivity index is 1.81. The molecule has 0 aromatic carbocycles. The number of nitrogens with zero attached hydrogens (tertiary/aromatic N) is 2. The van der Waals surface area contributed by atoms with Crippen molar-refractivity contribution in [3.05, 3.63) is 18.3 Å². The van der Waals surface area contributed by atoms with Crippen LogP contribution >= 0.6 is 0 Å². The van der Waals surface area contributed by atoms with E-state index < -0.39 is 23.0 Å². The van der Waals surface area contributed by atoms with E-state index >= 15 is 0 Å². The fourth-order valence-corrected chi connectivity index (χ4v) is 3.60. The van der Waals surface area contributed by atoms with Crippen LogP contribution < -0.4 is 14.8 Å². The minimum Gasteiger partial charge on any atom is -0.468 e. The molecule has 12 heteroatoms. The van der Waals surface area contributed by atoms with E-state index in [1.807, 2.05) is 0 Å². The van der Waals surface area contributed by atoms with Gasteiger partial charge in [-0.2, -0.15) is 30.6 Å². The Labute approximate surface area is 161 Å². The van der Waals surface area contributed by atoms with E-state index in [9.17, 15) is 26.4 Å². The molecule has 28 heavy (non-hydrogen) atoms. The Morgan fingerprint density at radius 1 is 1.25 bits per heavy atom. The Morgan fingerprint density at radius 3 is 2.39 bits per heavy atom. The number of hydrogen-bond donors (Lipinski definition) is 2. The Morgan fingerprint density at radius 2 is 1.89 bits per heavy atom. The number of amides is 1. The molecule has 1 heterocycles. The lowest BCUT2D eigenvalue weighted by molar-refractivity contribution is -0.154. The molecule has 1 aliphatic rings. The lowest BCUT2D eigenvalue weighted by atomic mass is 9.86.